The van der Waals surface area contributed by atoms with E-state index < -0.39 is 0 Å². The summed E-state index contributed by atoms with van der Waals surface area (Å²) < 4.78 is 4.95. The highest BCUT2D eigenvalue weighted by Crippen LogP contribution is 2.22. The number of carbonyl (C=O) groups excluding carboxylic acids is 1. The maximum absolute atomic E-state index is 11.6. The molecule has 3 rings (SSSR count). The Bertz CT molecular complexity index is 555. The first kappa shape index (κ1) is 9.82. The van der Waals surface area contributed by atoms with Crippen LogP contribution in [0.3, 0.4) is 0 Å². The van der Waals surface area contributed by atoms with Gasteiger partial charge in [-0.3, -0.25) is 9.89 Å². The van der Waals surface area contributed by atoms with Crippen LogP contribution >= 0.6 is 0 Å². The number of aromatic nitrogens is 4. The first-order valence-electron chi connectivity index (χ1n) is 5.18. The highest BCUT2D eigenvalue weighted by molar-refractivity contribution is 5.91. The van der Waals surface area contributed by atoms with Gasteiger partial charge >= 0.3 is 0 Å². The van der Waals surface area contributed by atoms with Crippen LogP contribution in [0.5, 0.6) is 0 Å². The Kier molecular flexibility index (Phi) is 2.07. The van der Waals surface area contributed by atoms with Gasteiger partial charge in [0.15, 0.2) is 0 Å². The van der Waals surface area contributed by atoms with E-state index in [1.54, 1.807) is 0 Å². The number of nitrogens with zero attached hydrogens (tertiary/aromatic N) is 3. The first-order valence-corrected chi connectivity index (χ1v) is 5.18. The topological polar surface area (TPSA) is 123 Å². The number of hydrogen-bond donors (Lipinski definition) is 3. The number of nitrogens with one attached hydrogen (secondary N) is 2. The van der Waals surface area contributed by atoms with Crippen LogP contribution in [-0.2, 0) is 0 Å². The van der Waals surface area contributed by atoms with Crippen molar-refractivity contribution in [2.45, 2.75) is 18.9 Å². The van der Waals surface area contributed by atoms with E-state index in [-0.39, 0.29) is 23.7 Å². The standard InChI is InChI=1S/C9H10N6O2/c10-6-5(3-11-14-6)9-13-7(15-17-9)8(16)12-4-1-2-4/h3-4H,1-2H2,(H,12,16)(H3,10,11,14). The highest BCUT2D eigenvalue weighted by atomic mass is 16.5. The maximum atomic E-state index is 11.6. The number of aromatic amines is 1. The second-order valence-corrected chi connectivity index (χ2v) is 3.87. The molecule has 1 aliphatic carbocycles. The fraction of sp³-hybridized carbons (Fsp3) is 0.333. The number of H-pyrrole nitrogens is 1. The summed E-state index contributed by atoms with van der Waals surface area (Å²) in [6.07, 6.45) is 3.47. The molecule has 0 aromatic carbocycles. The van der Waals surface area contributed by atoms with Crippen molar-refractivity contribution in [2.75, 3.05) is 5.73 Å². The lowest BCUT2D eigenvalue weighted by molar-refractivity contribution is 0.0937. The molecule has 17 heavy (non-hydrogen) atoms. The van der Waals surface area contributed by atoms with Crippen molar-refractivity contribution >= 4 is 11.7 Å². The Hall–Kier alpha value is -2.38. The van der Waals surface area contributed by atoms with Crippen molar-refractivity contribution in [1.82, 2.24) is 25.7 Å². The molecule has 2 aromatic rings. The molecule has 2 aromatic heterocycles. The monoisotopic (exact) mass is 234 g/mol. The normalized spacial score (nSPS) is 14.8. The Morgan fingerprint density at radius 2 is 2.41 bits per heavy atom. The van der Waals surface area contributed by atoms with E-state index in [4.69, 9.17) is 10.3 Å². The Balaban J connectivity index is 1.82. The number of anilines is 1. The predicted octanol–water partition coefficient (Wildman–Crippen LogP) is -0.0659. The Morgan fingerprint density at radius 1 is 1.59 bits per heavy atom. The quantitative estimate of drug-likeness (QED) is 0.683. The zero-order chi connectivity index (χ0) is 11.8. The van der Waals surface area contributed by atoms with Gasteiger partial charge in [-0.1, -0.05) is 5.16 Å². The van der Waals surface area contributed by atoms with E-state index >= 15 is 0 Å². The van der Waals surface area contributed by atoms with E-state index in [1.165, 1.54) is 6.20 Å². The summed E-state index contributed by atoms with van der Waals surface area (Å²) in [5.41, 5.74) is 6.09. The lowest BCUT2D eigenvalue weighted by Crippen LogP contribution is -2.26. The molecule has 2 heterocycles. The SMILES string of the molecule is Nc1[nH]ncc1-c1nc(C(=O)NC2CC2)no1. The molecule has 4 N–H and O–H groups in total. The van der Waals surface area contributed by atoms with Gasteiger partial charge in [-0.15, -0.1) is 0 Å². The molecular weight excluding hydrogens is 224 g/mol. The van der Waals surface area contributed by atoms with Gasteiger partial charge in [0, 0.05) is 6.04 Å². The number of rotatable bonds is 3. The third-order valence-electron chi connectivity index (χ3n) is 2.44. The van der Waals surface area contributed by atoms with Crippen LogP contribution in [0, 0.1) is 0 Å². The predicted molar refractivity (Wildman–Crippen MR) is 56.8 cm³/mol. The molecule has 0 aliphatic heterocycles. The van der Waals surface area contributed by atoms with E-state index in [9.17, 15) is 4.79 Å². The third kappa shape index (κ3) is 1.84. The smallest absolute Gasteiger partial charge is 0.292 e. The number of carbonyl (C=O) groups is 1. The van der Waals surface area contributed by atoms with Crippen molar-refractivity contribution in [2.24, 2.45) is 0 Å². The second kappa shape index (κ2) is 3.58. The highest BCUT2D eigenvalue weighted by Gasteiger charge is 2.26. The molecule has 1 aliphatic rings. The molecule has 0 bridgehead atoms. The molecule has 88 valence electrons. The number of nitrogens with two attached hydrogens (primary N) is 1. The molecule has 0 unspecified atom stereocenters. The van der Waals surface area contributed by atoms with Crippen LogP contribution in [0.4, 0.5) is 5.82 Å². The number of amides is 1. The van der Waals surface area contributed by atoms with Crippen molar-refractivity contribution in [3.63, 3.8) is 0 Å². The van der Waals surface area contributed by atoms with Crippen LogP contribution in [0.1, 0.15) is 23.5 Å². The summed E-state index contributed by atoms with van der Waals surface area (Å²) >= 11 is 0. The van der Waals surface area contributed by atoms with E-state index in [0.717, 1.165) is 12.8 Å². The maximum Gasteiger partial charge on any atom is 0.292 e. The van der Waals surface area contributed by atoms with Gasteiger partial charge in [0.1, 0.15) is 11.4 Å². The van der Waals surface area contributed by atoms with Gasteiger partial charge in [0.25, 0.3) is 17.6 Å². The molecule has 1 fully saturated rings. The third-order valence-corrected chi connectivity index (χ3v) is 2.44. The van der Waals surface area contributed by atoms with Crippen LogP contribution in [0.25, 0.3) is 11.5 Å². The number of nitrogen functional groups attached to an aromatic ring is 1. The fourth-order valence-electron chi connectivity index (χ4n) is 1.37. The summed E-state index contributed by atoms with van der Waals surface area (Å²) in [6.45, 7) is 0. The molecule has 8 nitrogen and oxygen atoms in total. The van der Waals surface area contributed by atoms with Gasteiger partial charge < -0.3 is 15.6 Å². The zero-order valence-corrected chi connectivity index (χ0v) is 8.80. The average Bonchev–Trinajstić information content (AvgIpc) is 2.82. The fourth-order valence-corrected chi connectivity index (χ4v) is 1.37. The summed E-state index contributed by atoms with van der Waals surface area (Å²) in [7, 11) is 0. The average molecular weight is 234 g/mol. The minimum absolute atomic E-state index is 0.00694. The largest absolute Gasteiger partial charge is 0.383 e. The van der Waals surface area contributed by atoms with Gasteiger partial charge in [0.2, 0.25) is 0 Å². The lowest BCUT2D eigenvalue weighted by Gasteiger charge is -1.95. The molecule has 1 amide bonds. The van der Waals surface area contributed by atoms with Crippen LogP contribution < -0.4 is 11.1 Å². The minimum atomic E-state index is -0.329. The van der Waals surface area contributed by atoms with Crippen LogP contribution in [0.2, 0.25) is 0 Å². The van der Waals surface area contributed by atoms with Gasteiger partial charge in [-0.2, -0.15) is 10.1 Å². The molecule has 0 spiro atoms. The van der Waals surface area contributed by atoms with Gasteiger partial charge in [0.05, 0.1) is 6.20 Å². The van der Waals surface area contributed by atoms with E-state index in [1.807, 2.05) is 0 Å². The molecule has 0 radical (unpaired) electrons. The summed E-state index contributed by atoms with van der Waals surface area (Å²) in [4.78, 5) is 15.6. The van der Waals surface area contributed by atoms with Gasteiger partial charge in [-0.05, 0) is 12.8 Å². The van der Waals surface area contributed by atoms with Crippen molar-refractivity contribution in [1.29, 1.82) is 0 Å². The number of hydrogen-bond acceptors (Lipinski definition) is 6. The molecule has 0 saturated heterocycles. The zero-order valence-electron chi connectivity index (χ0n) is 8.80. The Morgan fingerprint density at radius 3 is 3.06 bits per heavy atom. The van der Waals surface area contributed by atoms with Crippen molar-refractivity contribution in [3.05, 3.63) is 12.0 Å². The molecule has 8 heteroatoms. The molecular formula is C9H10N6O2. The second-order valence-electron chi connectivity index (χ2n) is 3.87. The molecule has 0 atom stereocenters. The van der Waals surface area contributed by atoms with E-state index in [2.05, 4.69) is 25.7 Å². The van der Waals surface area contributed by atoms with Crippen molar-refractivity contribution in [3.8, 4) is 11.5 Å². The summed E-state index contributed by atoms with van der Waals surface area (Å²) in [5, 5.41) is 12.6. The molecule has 1 saturated carbocycles. The lowest BCUT2D eigenvalue weighted by atomic mass is 10.3. The van der Waals surface area contributed by atoms with Crippen LogP contribution in [-0.4, -0.2) is 32.3 Å². The van der Waals surface area contributed by atoms with Crippen LogP contribution in [0.15, 0.2) is 10.7 Å². The van der Waals surface area contributed by atoms with Crippen molar-refractivity contribution < 1.29 is 9.32 Å². The summed E-state index contributed by atoms with van der Waals surface area (Å²) in [5.74, 6) is 0.178. The van der Waals surface area contributed by atoms with E-state index in [0.29, 0.717) is 11.4 Å². The minimum Gasteiger partial charge on any atom is -0.383 e. The van der Waals surface area contributed by atoms with Gasteiger partial charge in [-0.25, -0.2) is 0 Å². The first-order chi connectivity index (χ1) is 8.24. The Labute approximate surface area is 95.6 Å². The summed E-state index contributed by atoms with van der Waals surface area (Å²) in [6, 6.07) is 0.253.